The second-order valence-electron chi connectivity index (χ2n) is 24.6. The largest absolute Gasteiger partial charge is 0.478 e. The summed E-state index contributed by atoms with van der Waals surface area (Å²) in [6, 6.07) is -1.58. The van der Waals surface area contributed by atoms with Crippen molar-refractivity contribution >= 4 is 112 Å². The Labute approximate surface area is 543 Å². The van der Waals surface area contributed by atoms with Crippen LogP contribution in [-0.2, 0) is 47.7 Å². The number of carbonyl (C=O) groups excluding carboxylic acids is 12. The van der Waals surface area contributed by atoms with Crippen molar-refractivity contribution in [2.45, 2.75) is 142 Å². The van der Waals surface area contributed by atoms with Crippen LogP contribution in [0, 0.1) is 0 Å². The first kappa shape index (κ1) is 79.0. The molecular formula is C59H82N12O24. The molecule has 95 heavy (non-hydrogen) atoms. The van der Waals surface area contributed by atoms with E-state index in [1.165, 1.54) is 83.1 Å². The molecule has 3 aromatic carbocycles. The van der Waals surface area contributed by atoms with Crippen molar-refractivity contribution in [3.63, 3.8) is 0 Å². The highest BCUT2D eigenvalue weighted by Crippen LogP contribution is 2.25. The first-order chi connectivity index (χ1) is 44.0. The summed E-state index contributed by atoms with van der Waals surface area (Å²) in [6.07, 6.45) is -4.40. The summed E-state index contributed by atoms with van der Waals surface area (Å²) in [5.41, 5.74) is -7.67. The fraction of sp³-hybridized carbons (Fsp3) is 0.475. The zero-order valence-electron chi connectivity index (χ0n) is 54.0. The van der Waals surface area contributed by atoms with Gasteiger partial charge in [-0.1, -0.05) is 0 Å². The fourth-order valence-corrected chi connectivity index (χ4v) is 7.52. The van der Waals surface area contributed by atoms with Crippen LogP contribution in [0.1, 0.15) is 114 Å². The van der Waals surface area contributed by atoms with Crippen molar-refractivity contribution in [1.82, 2.24) is 31.9 Å². The highest BCUT2D eigenvalue weighted by molar-refractivity contribution is 6.08. The van der Waals surface area contributed by atoms with Gasteiger partial charge in [-0.2, -0.15) is 0 Å². The first-order valence-electron chi connectivity index (χ1n) is 28.8. The molecule has 3 aromatic rings. The zero-order valence-corrected chi connectivity index (χ0v) is 54.0. The molecule has 0 fully saturated rings. The van der Waals surface area contributed by atoms with Gasteiger partial charge in [0, 0.05) is 45.3 Å². The minimum absolute atomic E-state index is 0.309. The van der Waals surface area contributed by atoms with Crippen LogP contribution in [0.3, 0.4) is 0 Å². The molecule has 3 rings (SSSR count). The lowest BCUT2D eigenvalue weighted by atomic mass is 10.1. The molecule has 0 bridgehead atoms. The molecule has 36 heteroatoms. The van der Waals surface area contributed by atoms with Gasteiger partial charge in [0.15, 0.2) is 0 Å². The van der Waals surface area contributed by atoms with E-state index in [4.69, 9.17) is 18.9 Å². The van der Waals surface area contributed by atoms with Crippen LogP contribution in [0.25, 0.3) is 0 Å². The van der Waals surface area contributed by atoms with Gasteiger partial charge in [-0.3, -0.25) is 38.4 Å². The Hall–Kier alpha value is -10.3. The van der Waals surface area contributed by atoms with Gasteiger partial charge in [0.1, 0.15) is 58.7 Å². The highest BCUT2D eigenvalue weighted by atomic mass is 16.6. The Morgan fingerprint density at radius 1 is 0.295 bits per heavy atom. The lowest BCUT2D eigenvalue weighted by Crippen LogP contribution is -2.48. The number of hydrogen-bond acceptors (Lipinski definition) is 23. The normalized spacial score (nSPS) is 13.3. The minimum Gasteiger partial charge on any atom is -0.478 e. The number of aromatic carboxylic acids is 1. The topological polar surface area (TPSA) is 545 Å². The number of alkyl carbamates (subject to hydrolysis) is 4. The van der Waals surface area contributed by atoms with E-state index >= 15 is 0 Å². The molecule has 0 aliphatic carbocycles. The summed E-state index contributed by atoms with van der Waals surface area (Å²) in [7, 11) is 0. The average molecular weight is 1340 g/mol. The van der Waals surface area contributed by atoms with Gasteiger partial charge in [0.25, 0.3) is 11.8 Å². The number of aliphatic hydroxyl groups is 6. The van der Waals surface area contributed by atoms with Gasteiger partial charge >= 0.3 is 30.3 Å². The summed E-state index contributed by atoms with van der Waals surface area (Å²) >= 11 is 0. The maximum absolute atomic E-state index is 14.0. The summed E-state index contributed by atoms with van der Waals surface area (Å²) in [5, 5.41) is 97.9. The van der Waals surface area contributed by atoms with Crippen molar-refractivity contribution in [2.75, 3.05) is 71.5 Å². The third-order valence-corrected chi connectivity index (χ3v) is 11.5. The lowest BCUT2D eigenvalue weighted by molar-refractivity contribution is -0.119. The summed E-state index contributed by atoms with van der Waals surface area (Å²) < 4.78 is 20.6. The van der Waals surface area contributed by atoms with E-state index in [9.17, 15) is 98.1 Å². The second-order valence-corrected chi connectivity index (χ2v) is 24.6. The quantitative estimate of drug-likeness (QED) is 0.0451. The van der Waals surface area contributed by atoms with E-state index in [-0.39, 0.29) is 22.7 Å². The number of carboxylic acids is 1. The minimum atomic E-state index is -1.91. The van der Waals surface area contributed by atoms with Gasteiger partial charge in [-0.05, 0) is 138 Å². The van der Waals surface area contributed by atoms with E-state index in [0.29, 0.717) is 0 Å². The molecule has 0 unspecified atom stereocenters. The predicted molar refractivity (Wildman–Crippen MR) is 336 cm³/mol. The van der Waals surface area contributed by atoms with E-state index in [1.807, 2.05) is 0 Å². The van der Waals surface area contributed by atoms with Crippen molar-refractivity contribution in [3.05, 3.63) is 71.3 Å². The van der Waals surface area contributed by atoms with Gasteiger partial charge in [0.05, 0.1) is 45.2 Å². The smallest absolute Gasteiger partial charge is 0.408 e. The number of nitrogens with one attached hydrogen (secondary N) is 12. The van der Waals surface area contributed by atoms with E-state index in [2.05, 4.69) is 63.8 Å². The Kier molecular flexibility index (Phi) is 28.7. The Morgan fingerprint density at radius 3 is 0.621 bits per heavy atom. The molecule has 0 aliphatic heterocycles. The van der Waals surface area contributed by atoms with Crippen LogP contribution in [0.2, 0.25) is 0 Å². The molecule has 0 radical (unpaired) electrons. The Balaban J connectivity index is 1.98. The van der Waals surface area contributed by atoms with Gasteiger partial charge in [0.2, 0.25) is 35.4 Å². The SMILES string of the molecule is CC(C)(C)OC(=O)N[C@@H](CO)C(=O)Nc1cc(NC(=O)[C@H](CO)NC(=O)OC(C)(C)C)cc(C(=O)N[C@@H](CO)C(=O)Nc2cc(NC(=O)[C@H](CO)NC(=O)c3cc(NC(=O)[C@H](CO)NC(=O)OC(C)(C)C)cc(NC(=O)[C@H](CO)NC(=O)OC(C)(C)C)c3)cc(C(=O)O)c2)c1. The maximum Gasteiger partial charge on any atom is 0.408 e. The monoisotopic (exact) mass is 1340 g/mol. The number of ether oxygens (including phenoxy) is 4. The highest BCUT2D eigenvalue weighted by Gasteiger charge is 2.31. The second kappa shape index (κ2) is 34.6. The van der Waals surface area contributed by atoms with E-state index < -0.39 is 204 Å². The predicted octanol–water partition coefficient (Wildman–Crippen LogP) is 0.140. The molecule has 36 nitrogen and oxygen atoms in total. The van der Waals surface area contributed by atoms with Crippen LogP contribution >= 0.6 is 0 Å². The molecule has 0 aromatic heterocycles. The molecule has 12 amide bonds. The van der Waals surface area contributed by atoms with Crippen LogP contribution in [0.4, 0.5) is 53.3 Å². The van der Waals surface area contributed by atoms with Gasteiger partial charge in [-0.15, -0.1) is 0 Å². The number of amides is 12. The molecule has 0 aliphatic rings. The Morgan fingerprint density at radius 2 is 0.463 bits per heavy atom. The number of anilines is 6. The summed E-state index contributed by atoms with van der Waals surface area (Å²) in [4.78, 5) is 171. The molecule has 6 atom stereocenters. The summed E-state index contributed by atoms with van der Waals surface area (Å²) in [5.74, 6) is -10.8. The molecule has 0 saturated heterocycles. The van der Waals surface area contributed by atoms with Crippen molar-refractivity contribution in [2.24, 2.45) is 0 Å². The fourth-order valence-electron chi connectivity index (χ4n) is 7.52. The molecule has 0 spiro atoms. The number of carbonyl (C=O) groups is 13. The lowest BCUT2D eigenvalue weighted by Gasteiger charge is -2.23. The number of benzene rings is 3. The van der Waals surface area contributed by atoms with E-state index in [0.717, 1.165) is 54.6 Å². The van der Waals surface area contributed by atoms with Crippen LogP contribution in [-0.4, -0.2) is 212 Å². The molecule has 522 valence electrons. The average Bonchev–Trinajstić information content (AvgIpc) is 0.907. The van der Waals surface area contributed by atoms with Crippen LogP contribution in [0.15, 0.2) is 54.6 Å². The number of carboxylic acid groups (broad SMARTS) is 1. The Bertz CT molecular complexity index is 2990. The van der Waals surface area contributed by atoms with E-state index in [1.54, 1.807) is 0 Å². The number of aliphatic hydroxyl groups excluding tert-OH is 6. The molecule has 19 N–H and O–H groups in total. The van der Waals surface area contributed by atoms with Crippen molar-refractivity contribution in [3.8, 4) is 0 Å². The standard InChI is InChI=1S/C59H82N12O24/c1-56(2,3)92-52(88)68-39(24-74)47(82)60-31-13-28(14-32(19-31)61-48(83)40(25-75)69-53(89)93-57(4,5)6)43(78)66-37(22-72)45(80)64-35-17-30(51(86)87)18-36(21-35)65-46(81)38(23-73)67-44(79)29-15-33(62-49(84)41(26-76)70-54(90)94-58(7,8)9)20-34(16-29)63-50(85)42(27-77)71-55(91)95-59(10,11)12/h13-21,37-42,72-77H,22-27H2,1-12H3,(H,60,82)(H,61,83)(H,62,84)(H,63,85)(H,64,80)(H,65,81)(H,66,78)(H,67,79)(H,68,88)(H,69,89)(H,70,90)(H,71,91)(H,86,87)/t37-,38-,39-,40-,41-,42-/m0/s1. The molecule has 0 heterocycles. The molecule has 0 saturated carbocycles. The number of hydrogen-bond donors (Lipinski definition) is 19. The van der Waals surface area contributed by atoms with Crippen LogP contribution in [0.5, 0.6) is 0 Å². The van der Waals surface area contributed by atoms with Gasteiger partial charge < -0.3 is 118 Å². The van der Waals surface area contributed by atoms with Crippen molar-refractivity contribution in [1.29, 1.82) is 0 Å². The third kappa shape index (κ3) is 27.8. The third-order valence-electron chi connectivity index (χ3n) is 11.5. The van der Waals surface area contributed by atoms with Crippen molar-refractivity contribution < 1.29 is 117 Å². The zero-order chi connectivity index (χ0) is 72.1. The van der Waals surface area contributed by atoms with Gasteiger partial charge in [-0.25, -0.2) is 24.0 Å². The maximum atomic E-state index is 14.0. The molecular weight excluding hydrogens is 1260 g/mol. The van der Waals surface area contributed by atoms with Crippen LogP contribution < -0.4 is 63.8 Å². The number of rotatable bonds is 27. The summed E-state index contributed by atoms with van der Waals surface area (Å²) in [6.45, 7) is 12.2. The first-order valence-corrected chi connectivity index (χ1v) is 28.8.